The Morgan fingerprint density at radius 2 is 2.26 bits per heavy atom. The normalized spacial score (nSPS) is 19.2. The van der Waals surface area contributed by atoms with Crippen LogP contribution in [0.4, 0.5) is 11.4 Å². The average Bonchev–Trinajstić information content (AvgIpc) is 2.87. The molecule has 19 heavy (non-hydrogen) atoms. The van der Waals surface area contributed by atoms with Crippen molar-refractivity contribution in [3.63, 3.8) is 0 Å². The van der Waals surface area contributed by atoms with Gasteiger partial charge < -0.3 is 9.80 Å². The van der Waals surface area contributed by atoms with E-state index in [0.29, 0.717) is 11.4 Å². The minimum absolute atomic E-state index is 0.154. The van der Waals surface area contributed by atoms with Crippen LogP contribution in [0.15, 0.2) is 18.2 Å². The Morgan fingerprint density at radius 3 is 2.79 bits per heavy atom. The van der Waals surface area contributed by atoms with Gasteiger partial charge in [-0.25, -0.2) is 0 Å². The fourth-order valence-corrected chi connectivity index (χ4v) is 2.93. The second kappa shape index (κ2) is 5.88. The highest BCUT2D eigenvalue weighted by Crippen LogP contribution is 2.30. The van der Waals surface area contributed by atoms with Gasteiger partial charge in [0.25, 0.3) is 5.69 Å². The van der Waals surface area contributed by atoms with E-state index in [4.69, 9.17) is 0 Å². The second-order valence-electron chi connectivity index (χ2n) is 5.06. The summed E-state index contributed by atoms with van der Waals surface area (Å²) in [6, 6.07) is 5.67. The SMILES string of the molecule is CN(C)C1CCN(c2ccc([N+](=O)[O-])cc2CBr)C1. The number of anilines is 1. The van der Waals surface area contributed by atoms with Gasteiger partial charge in [-0.2, -0.15) is 0 Å². The van der Waals surface area contributed by atoms with Crippen LogP contribution in [0.3, 0.4) is 0 Å². The molecule has 1 atom stereocenters. The quantitative estimate of drug-likeness (QED) is 0.484. The van der Waals surface area contributed by atoms with E-state index < -0.39 is 0 Å². The first kappa shape index (κ1) is 14.3. The molecule has 0 aromatic heterocycles. The van der Waals surface area contributed by atoms with Crippen LogP contribution in [0, 0.1) is 10.1 Å². The summed E-state index contributed by atoms with van der Waals surface area (Å²) < 4.78 is 0. The predicted molar refractivity (Wildman–Crippen MR) is 80.0 cm³/mol. The first-order valence-electron chi connectivity index (χ1n) is 6.27. The Labute approximate surface area is 121 Å². The first-order chi connectivity index (χ1) is 9.02. The Kier molecular flexibility index (Phi) is 4.42. The third-order valence-electron chi connectivity index (χ3n) is 3.65. The molecular formula is C13H18BrN3O2. The number of likely N-dealkylation sites (N-methyl/N-ethyl adjacent to an activating group) is 1. The lowest BCUT2D eigenvalue weighted by Gasteiger charge is -2.23. The molecule has 1 unspecified atom stereocenters. The molecule has 0 aliphatic carbocycles. The molecule has 0 saturated carbocycles. The maximum absolute atomic E-state index is 10.8. The van der Waals surface area contributed by atoms with Gasteiger partial charge in [0.05, 0.1) is 4.92 Å². The van der Waals surface area contributed by atoms with E-state index in [0.717, 1.165) is 30.8 Å². The van der Waals surface area contributed by atoms with Crippen molar-refractivity contribution in [2.45, 2.75) is 17.8 Å². The van der Waals surface area contributed by atoms with E-state index in [-0.39, 0.29) is 10.6 Å². The number of halogens is 1. The molecule has 1 aromatic carbocycles. The number of non-ortho nitro benzene ring substituents is 1. The highest BCUT2D eigenvalue weighted by molar-refractivity contribution is 9.08. The zero-order valence-corrected chi connectivity index (χ0v) is 12.8. The number of nitro groups is 1. The van der Waals surface area contributed by atoms with Crippen LogP contribution >= 0.6 is 15.9 Å². The number of benzene rings is 1. The predicted octanol–water partition coefficient (Wildman–Crippen LogP) is 2.63. The third-order valence-corrected chi connectivity index (χ3v) is 4.26. The summed E-state index contributed by atoms with van der Waals surface area (Å²) >= 11 is 3.42. The van der Waals surface area contributed by atoms with Gasteiger partial charge >= 0.3 is 0 Å². The Morgan fingerprint density at radius 1 is 1.53 bits per heavy atom. The van der Waals surface area contributed by atoms with Crippen LogP contribution in [0.25, 0.3) is 0 Å². The fraction of sp³-hybridized carbons (Fsp3) is 0.538. The van der Waals surface area contributed by atoms with Crippen molar-refractivity contribution in [1.29, 1.82) is 0 Å². The molecule has 0 N–H and O–H groups in total. The van der Waals surface area contributed by atoms with E-state index >= 15 is 0 Å². The van der Waals surface area contributed by atoms with Crippen molar-refractivity contribution in [1.82, 2.24) is 4.90 Å². The summed E-state index contributed by atoms with van der Waals surface area (Å²) in [6.07, 6.45) is 1.13. The monoisotopic (exact) mass is 327 g/mol. The molecule has 1 saturated heterocycles. The van der Waals surface area contributed by atoms with Gasteiger partial charge in [0.1, 0.15) is 0 Å². The zero-order chi connectivity index (χ0) is 14.0. The summed E-state index contributed by atoms with van der Waals surface area (Å²) in [5.74, 6) is 0. The van der Waals surface area contributed by atoms with Crippen LogP contribution in [0.5, 0.6) is 0 Å². The Hall–Kier alpha value is -1.14. The van der Waals surface area contributed by atoms with E-state index in [1.54, 1.807) is 12.1 Å². The summed E-state index contributed by atoms with van der Waals surface area (Å²) in [6.45, 7) is 1.98. The number of nitrogens with zero attached hydrogens (tertiary/aromatic N) is 3. The number of hydrogen-bond donors (Lipinski definition) is 0. The van der Waals surface area contributed by atoms with E-state index in [2.05, 4.69) is 39.8 Å². The van der Waals surface area contributed by atoms with Gasteiger partial charge in [-0.3, -0.25) is 10.1 Å². The summed E-state index contributed by atoms with van der Waals surface area (Å²) in [4.78, 5) is 15.0. The zero-order valence-electron chi connectivity index (χ0n) is 11.2. The molecule has 1 heterocycles. The fourth-order valence-electron chi connectivity index (χ4n) is 2.48. The van der Waals surface area contributed by atoms with Crippen LogP contribution in [0.1, 0.15) is 12.0 Å². The molecular weight excluding hydrogens is 310 g/mol. The molecule has 104 valence electrons. The number of rotatable bonds is 4. The van der Waals surface area contributed by atoms with Crippen LogP contribution in [-0.2, 0) is 5.33 Å². The Balaban J connectivity index is 2.23. The summed E-state index contributed by atoms with van der Waals surface area (Å²) in [5.41, 5.74) is 2.24. The van der Waals surface area contributed by atoms with Crippen molar-refractivity contribution in [2.24, 2.45) is 0 Å². The van der Waals surface area contributed by atoms with Crippen molar-refractivity contribution in [3.05, 3.63) is 33.9 Å². The smallest absolute Gasteiger partial charge is 0.269 e. The molecule has 0 amide bonds. The molecule has 0 bridgehead atoms. The topological polar surface area (TPSA) is 49.6 Å². The van der Waals surface area contributed by atoms with E-state index in [9.17, 15) is 10.1 Å². The van der Waals surface area contributed by atoms with Gasteiger partial charge in [-0.1, -0.05) is 15.9 Å². The first-order valence-corrected chi connectivity index (χ1v) is 7.39. The maximum atomic E-state index is 10.8. The molecule has 5 nitrogen and oxygen atoms in total. The van der Waals surface area contributed by atoms with Gasteiger partial charge in [0.2, 0.25) is 0 Å². The molecule has 0 spiro atoms. The van der Waals surface area contributed by atoms with Gasteiger partial charge in [-0.05, 0) is 32.1 Å². The van der Waals surface area contributed by atoms with Crippen molar-refractivity contribution in [2.75, 3.05) is 32.1 Å². The van der Waals surface area contributed by atoms with Gasteiger partial charge in [0.15, 0.2) is 0 Å². The van der Waals surface area contributed by atoms with E-state index in [1.807, 2.05) is 6.07 Å². The molecule has 2 rings (SSSR count). The maximum Gasteiger partial charge on any atom is 0.269 e. The number of alkyl halides is 1. The minimum atomic E-state index is -0.345. The minimum Gasteiger partial charge on any atom is -0.370 e. The molecule has 1 aromatic rings. The van der Waals surface area contributed by atoms with Gasteiger partial charge in [0, 0.05) is 42.3 Å². The highest BCUT2D eigenvalue weighted by atomic mass is 79.9. The van der Waals surface area contributed by atoms with Crippen molar-refractivity contribution >= 4 is 27.3 Å². The van der Waals surface area contributed by atoms with Crippen LogP contribution < -0.4 is 4.90 Å². The lowest BCUT2D eigenvalue weighted by atomic mass is 10.1. The molecule has 6 heteroatoms. The van der Waals surface area contributed by atoms with Crippen molar-refractivity contribution < 1.29 is 4.92 Å². The number of nitro benzene ring substituents is 1. The molecule has 1 aliphatic heterocycles. The van der Waals surface area contributed by atoms with E-state index in [1.165, 1.54) is 0 Å². The van der Waals surface area contributed by atoms with Gasteiger partial charge in [-0.15, -0.1) is 0 Å². The Bertz CT molecular complexity index is 479. The molecule has 0 radical (unpaired) electrons. The van der Waals surface area contributed by atoms with Crippen LogP contribution in [-0.4, -0.2) is 43.0 Å². The lowest BCUT2D eigenvalue weighted by Crippen LogP contribution is -2.31. The summed E-state index contributed by atoms with van der Waals surface area (Å²) in [7, 11) is 4.19. The summed E-state index contributed by atoms with van der Waals surface area (Å²) in [5, 5.41) is 11.4. The largest absolute Gasteiger partial charge is 0.370 e. The number of hydrogen-bond acceptors (Lipinski definition) is 4. The van der Waals surface area contributed by atoms with Crippen LogP contribution in [0.2, 0.25) is 0 Å². The van der Waals surface area contributed by atoms with Crippen molar-refractivity contribution in [3.8, 4) is 0 Å². The highest BCUT2D eigenvalue weighted by Gasteiger charge is 2.26. The standard InChI is InChI=1S/C13H18BrN3O2/c1-15(2)12-5-6-16(9-12)13-4-3-11(17(18)19)7-10(13)8-14/h3-4,7,12H,5-6,8-9H2,1-2H3. The second-order valence-corrected chi connectivity index (χ2v) is 5.62. The molecule has 1 fully saturated rings. The molecule has 1 aliphatic rings. The third kappa shape index (κ3) is 3.06. The lowest BCUT2D eigenvalue weighted by molar-refractivity contribution is -0.384. The average molecular weight is 328 g/mol.